The summed E-state index contributed by atoms with van der Waals surface area (Å²) in [4.78, 5) is 8.83. The number of nitrogens with zero attached hydrogens (tertiary/aromatic N) is 2. The fraction of sp³-hybridized carbons (Fsp3) is 0.286. The molecule has 0 amide bonds. The molecule has 1 heterocycles. The van der Waals surface area contributed by atoms with Crippen LogP contribution in [0.4, 0.5) is 0 Å². The van der Waals surface area contributed by atoms with Crippen LogP contribution in [0.2, 0.25) is 10.3 Å². The Balaban J connectivity index is 2.12. The molecule has 1 aliphatic carbocycles. The first-order valence-corrected chi connectivity index (χ1v) is 6.65. The van der Waals surface area contributed by atoms with Crippen molar-refractivity contribution in [1.82, 2.24) is 9.97 Å². The third-order valence-electron chi connectivity index (χ3n) is 3.42. The van der Waals surface area contributed by atoms with Gasteiger partial charge in [0.1, 0.15) is 16.1 Å². The average Bonchev–Trinajstić information content (AvgIpc) is 3.09. The molecule has 0 radical (unpaired) electrons. The number of benzene rings is 1. The molecular weight excluding hydrogens is 267 g/mol. The summed E-state index contributed by atoms with van der Waals surface area (Å²) in [5, 5.41) is 0.869. The molecule has 4 heteroatoms. The molecule has 0 spiro atoms. The van der Waals surface area contributed by atoms with E-state index in [1.54, 1.807) is 0 Å². The standard InChI is InChI=1S/C14H12Cl2N2/c1-14(7-8-14)13-17-11(15)10(12(16)18-13)9-5-3-2-4-6-9/h2-6H,7-8H2,1H3. The minimum Gasteiger partial charge on any atom is -0.220 e. The predicted molar refractivity (Wildman–Crippen MR) is 74.1 cm³/mol. The molecule has 1 aromatic carbocycles. The van der Waals surface area contributed by atoms with Gasteiger partial charge in [-0.05, 0) is 18.4 Å². The van der Waals surface area contributed by atoms with E-state index < -0.39 is 0 Å². The quantitative estimate of drug-likeness (QED) is 0.756. The topological polar surface area (TPSA) is 25.8 Å². The van der Waals surface area contributed by atoms with Crippen LogP contribution in [-0.2, 0) is 5.41 Å². The molecule has 0 N–H and O–H groups in total. The molecule has 18 heavy (non-hydrogen) atoms. The Morgan fingerprint density at radius 1 is 1.00 bits per heavy atom. The van der Waals surface area contributed by atoms with Crippen molar-refractivity contribution in [2.24, 2.45) is 0 Å². The smallest absolute Gasteiger partial charge is 0.142 e. The summed E-state index contributed by atoms with van der Waals surface area (Å²) < 4.78 is 0. The highest BCUT2D eigenvalue weighted by atomic mass is 35.5. The van der Waals surface area contributed by atoms with Gasteiger partial charge in [0, 0.05) is 5.41 Å². The zero-order chi connectivity index (χ0) is 12.8. The van der Waals surface area contributed by atoms with Crippen LogP contribution in [0.1, 0.15) is 25.6 Å². The summed E-state index contributed by atoms with van der Waals surface area (Å²) in [5.74, 6) is 0.761. The second-order valence-electron chi connectivity index (χ2n) is 4.93. The molecule has 0 aliphatic heterocycles. The van der Waals surface area contributed by atoms with Gasteiger partial charge in [0.05, 0.1) is 5.56 Å². The van der Waals surface area contributed by atoms with E-state index in [0.717, 1.165) is 24.2 Å². The lowest BCUT2D eigenvalue weighted by atomic mass is 10.1. The van der Waals surface area contributed by atoms with E-state index in [9.17, 15) is 0 Å². The van der Waals surface area contributed by atoms with Crippen LogP contribution in [0, 0.1) is 0 Å². The maximum absolute atomic E-state index is 6.27. The maximum Gasteiger partial charge on any atom is 0.142 e. The molecule has 0 atom stereocenters. The zero-order valence-electron chi connectivity index (χ0n) is 9.95. The monoisotopic (exact) mass is 278 g/mol. The molecule has 1 fully saturated rings. The van der Waals surface area contributed by atoms with Gasteiger partial charge in [-0.1, -0.05) is 60.5 Å². The van der Waals surface area contributed by atoms with E-state index in [0.29, 0.717) is 15.9 Å². The van der Waals surface area contributed by atoms with Crippen molar-refractivity contribution < 1.29 is 0 Å². The largest absolute Gasteiger partial charge is 0.220 e. The molecule has 3 rings (SSSR count). The highest BCUT2D eigenvalue weighted by Crippen LogP contribution is 2.47. The average molecular weight is 279 g/mol. The van der Waals surface area contributed by atoms with Gasteiger partial charge in [-0.2, -0.15) is 0 Å². The molecule has 0 unspecified atom stereocenters. The minimum absolute atomic E-state index is 0.0719. The van der Waals surface area contributed by atoms with E-state index in [1.807, 2.05) is 30.3 Å². The van der Waals surface area contributed by atoms with Crippen molar-refractivity contribution >= 4 is 23.2 Å². The van der Waals surface area contributed by atoms with Crippen molar-refractivity contribution in [3.8, 4) is 11.1 Å². The Morgan fingerprint density at radius 2 is 1.56 bits per heavy atom. The Kier molecular flexibility index (Phi) is 2.80. The summed E-state index contributed by atoms with van der Waals surface area (Å²) in [6, 6.07) is 9.74. The molecule has 92 valence electrons. The fourth-order valence-electron chi connectivity index (χ4n) is 1.93. The number of rotatable bonds is 2. The molecule has 1 saturated carbocycles. The van der Waals surface area contributed by atoms with Crippen molar-refractivity contribution in [2.45, 2.75) is 25.2 Å². The van der Waals surface area contributed by atoms with E-state index in [1.165, 1.54) is 0 Å². The Morgan fingerprint density at radius 3 is 2.06 bits per heavy atom. The van der Waals surface area contributed by atoms with Crippen molar-refractivity contribution in [3.63, 3.8) is 0 Å². The van der Waals surface area contributed by atoms with Crippen LogP contribution in [-0.4, -0.2) is 9.97 Å². The third-order valence-corrected chi connectivity index (χ3v) is 3.97. The molecule has 2 nitrogen and oxygen atoms in total. The Labute approximate surface area is 116 Å². The lowest BCUT2D eigenvalue weighted by molar-refractivity contribution is 0.709. The highest BCUT2D eigenvalue weighted by Gasteiger charge is 2.42. The predicted octanol–water partition coefficient (Wildman–Crippen LogP) is 4.50. The van der Waals surface area contributed by atoms with Gasteiger partial charge >= 0.3 is 0 Å². The van der Waals surface area contributed by atoms with Crippen molar-refractivity contribution in [1.29, 1.82) is 0 Å². The highest BCUT2D eigenvalue weighted by molar-refractivity contribution is 6.37. The molecule has 0 bridgehead atoms. The first-order valence-electron chi connectivity index (χ1n) is 5.89. The molecule has 1 aromatic heterocycles. The van der Waals surface area contributed by atoms with Crippen LogP contribution in [0.3, 0.4) is 0 Å². The van der Waals surface area contributed by atoms with E-state index in [4.69, 9.17) is 23.2 Å². The van der Waals surface area contributed by atoms with E-state index in [2.05, 4.69) is 16.9 Å². The normalized spacial score (nSPS) is 16.6. The van der Waals surface area contributed by atoms with Gasteiger partial charge in [0.2, 0.25) is 0 Å². The Hall–Kier alpha value is -1.12. The van der Waals surface area contributed by atoms with Crippen LogP contribution in [0.5, 0.6) is 0 Å². The van der Waals surface area contributed by atoms with E-state index in [-0.39, 0.29) is 5.41 Å². The summed E-state index contributed by atoms with van der Waals surface area (Å²) >= 11 is 12.5. The summed E-state index contributed by atoms with van der Waals surface area (Å²) in [6.45, 7) is 2.14. The molecule has 2 aromatic rings. The van der Waals surface area contributed by atoms with Gasteiger partial charge in [-0.25, -0.2) is 9.97 Å². The molecule has 0 saturated heterocycles. The van der Waals surface area contributed by atoms with Crippen molar-refractivity contribution in [3.05, 3.63) is 46.5 Å². The van der Waals surface area contributed by atoms with Crippen molar-refractivity contribution in [2.75, 3.05) is 0 Å². The zero-order valence-corrected chi connectivity index (χ0v) is 11.5. The van der Waals surface area contributed by atoms with Crippen LogP contribution in [0.25, 0.3) is 11.1 Å². The summed E-state index contributed by atoms with van der Waals surface area (Å²) in [6.07, 6.45) is 2.20. The van der Waals surface area contributed by atoms with Crippen LogP contribution in [0.15, 0.2) is 30.3 Å². The fourth-order valence-corrected chi connectivity index (χ4v) is 2.54. The third kappa shape index (κ3) is 2.00. The first kappa shape index (κ1) is 11.9. The van der Waals surface area contributed by atoms with Gasteiger partial charge in [-0.15, -0.1) is 0 Å². The maximum atomic E-state index is 6.27. The number of hydrogen-bond donors (Lipinski definition) is 0. The Bertz CT molecular complexity index is 569. The van der Waals surface area contributed by atoms with Gasteiger partial charge in [0.25, 0.3) is 0 Å². The molecular formula is C14H12Cl2N2. The first-order chi connectivity index (χ1) is 8.60. The van der Waals surface area contributed by atoms with Gasteiger partial charge in [-0.3, -0.25) is 0 Å². The number of aromatic nitrogens is 2. The molecule has 1 aliphatic rings. The number of halogens is 2. The second-order valence-corrected chi connectivity index (χ2v) is 5.65. The van der Waals surface area contributed by atoms with Crippen LogP contribution >= 0.6 is 23.2 Å². The van der Waals surface area contributed by atoms with Gasteiger partial charge < -0.3 is 0 Å². The lowest BCUT2D eigenvalue weighted by Gasteiger charge is -2.11. The summed E-state index contributed by atoms with van der Waals surface area (Å²) in [7, 11) is 0. The van der Waals surface area contributed by atoms with E-state index >= 15 is 0 Å². The lowest BCUT2D eigenvalue weighted by Crippen LogP contribution is -2.08. The minimum atomic E-state index is 0.0719. The number of hydrogen-bond acceptors (Lipinski definition) is 2. The second kappa shape index (κ2) is 4.22. The summed E-state index contributed by atoms with van der Waals surface area (Å²) in [5.41, 5.74) is 1.73. The van der Waals surface area contributed by atoms with Crippen LogP contribution < -0.4 is 0 Å². The van der Waals surface area contributed by atoms with Gasteiger partial charge in [0.15, 0.2) is 0 Å². The SMILES string of the molecule is CC1(c2nc(Cl)c(-c3ccccc3)c(Cl)n2)CC1.